The number of carbonyl (C=O) groups excluding carboxylic acids is 1. The van der Waals surface area contributed by atoms with Gasteiger partial charge in [0.1, 0.15) is 0 Å². The second kappa shape index (κ2) is 8.06. The Balaban J connectivity index is 1.51. The highest BCUT2D eigenvalue weighted by atomic mass is 16.1. The van der Waals surface area contributed by atoms with E-state index < -0.39 is 0 Å². The first-order valence-corrected chi connectivity index (χ1v) is 9.01. The van der Waals surface area contributed by atoms with Gasteiger partial charge >= 0.3 is 0 Å². The normalized spacial score (nSPS) is 22.9. The van der Waals surface area contributed by atoms with E-state index in [1.165, 1.54) is 25.7 Å². The number of likely N-dealkylation sites (tertiary alicyclic amines) is 1. The summed E-state index contributed by atoms with van der Waals surface area (Å²) < 4.78 is 0. The molecule has 132 valence electrons. The molecule has 25 heavy (non-hydrogen) atoms. The van der Waals surface area contributed by atoms with Crippen molar-refractivity contribution in [1.82, 2.24) is 10.2 Å². The Morgan fingerprint density at radius 2 is 2.04 bits per heavy atom. The van der Waals surface area contributed by atoms with Crippen LogP contribution >= 0.6 is 0 Å². The van der Waals surface area contributed by atoms with Gasteiger partial charge in [0, 0.05) is 31.4 Å². The van der Waals surface area contributed by atoms with E-state index in [2.05, 4.69) is 26.4 Å². The third-order valence-electron chi connectivity index (χ3n) is 5.21. The maximum atomic E-state index is 12.2. The van der Waals surface area contributed by atoms with Gasteiger partial charge in [-0.05, 0) is 42.9 Å². The van der Waals surface area contributed by atoms with Crippen LogP contribution in [0.5, 0.6) is 0 Å². The first kappa shape index (κ1) is 17.3. The average Bonchev–Trinajstić information content (AvgIpc) is 3.06. The number of rotatable bonds is 3. The third kappa shape index (κ3) is 4.33. The number of fused-ring (bicyclic) bond motifs is 1. The van der Waals surface area contributed by atoms with Crippen LogP contribution in [-0.2, 0) is 4.79 Å². The maximum Gasteiger partial charge on any atom is 0.243 e. The molecule has 2 atom stereocenters. The minimum absolute atomic E-state index is 0.105. The van der Waals surface area contributed by atoms with Crippen LogP contribution < -0.4 is 10.6 Å². The van der Waals surface area contributed by atoms with Crippen molar-refractivity contribution in [3.8, 4) is 12.3 Å². The highest BCUT2D eigenvalue weighted by molar-refractivity contribution is 5.95. The lowest BCUT2D eigenvalue weighted by Gasteiger charge is -2.22. The molecule has 1 amide bonds. The molecule has 5 nitrogen and oxygen atoms in total. The van der Waals surface area contributed by atoms with Gasteiger partial charge in [-0.3, -0.25) is 9.79 Å². The van der Waals surface area contributed by atoms with E-state index in [0.29, 0.717) is 5.69 Å². The van der Waals surface area contributed by atoms with Crippen molar-refractivity contribution < 1.29 is 4.79 Å². The van der Waals surface area contributed by atoms with Gasteiger partial charge in [-0.25, -0.2) is 0 Å². The van der Waals surface area contributed by atoms with E-state index in [1.54, 1.807) is 13.1 Å². The lowest BCUT2D eigenvalue weighted by Crippen LogP contribution is -2.43. The zero-order valence-corrected chi connectivity index (χ0v) is 14.8. The smallest absolute Gasteiger partial charge is 0.243 e. The number of terminal acetylenes is 1. The fourth-order valence-corrected chi connectivity index (χ4v) is 3.96. The van der Waals surface area contributed by atoms with Gasteiger partial charge in [-0.15, -0.1) is 6.42 Å². The fraction of sp³-hybridized carbons (Fsp3) is 0.500. The van der Waals surface area contributed by atoms with Crippen LogP contribution in [0.1, 0.15) is 31.2 Å². The van der Waals surface area contributed by atoms with Crippen LogP contribution in [0.25, 0.3) is 0 Å². The summed E-state index contributed by atoms with van der Waals surface area (Å²) in [5, 5.41) is 6.06. The molecule has 5 heteroatoms. The molecule has 1 aromatic carbocycles. The number of carbonyl (C=O) groups is 1. The number of nitrogens with zero attached hydrogens (tertiary/aromatic N) is 2. The number of guanidine groups is 1. The second-order valence-electron chi connectivity index (χ2n) is 6.88. The van der Waals surface area contributed by atoms with Gasteiger partial charge in [0.15, 0.2) is 5.96 Å². The SMILES string of the molecule is C#Cc1cccc(NC(=O)CNC(=NC)N2CC3CCCCC3C2)c1. The summed E-state index contributed by atoms with van der Waals surface area (Å²) in [5.74, 6) is 4.85. The van der Waals surface area contributed by atoms with Crippen LogP contribution in [0.3, 0.4) is 0 Å². The van der Waals surface area contributed by atoms with Crippen molar-refractivity contribution in [2.45, 2.75) is 25.7 Å². The minimum atomic E-state index is -0.105. The lowest BCUT2D eigenvalue weighted by molar-refractivity contribution is -0.115. The predicted molar refractivity (Wildman–Crippen MR) is 101 cm³/mol. The highest BCUT2D eigenvalue weighted by Gasteiger charge is 2.35. The monoisotopic (exact) mass is 338 g/mol. The van der Waals surface area contributed by atoms with E-state index in [0.717, 1.165) is 36.4 Å². The Morgan fingerprint density at radius 3 is 2.68 bits per heavy atom. The molecule has 1 aliphatic carbocycles. The van der Waals surface area contributed by atoms with E-state index in [9.17, 15) is 4.79 Å². The van der Waals surface area contributed by atoms with Crippen molar-refractivity contribution in [3.05, 3.63) is 29.8 Å². The topological polar surface area (TPSA) is 56.7 Å². The summed E-state index contributed by atoms with van der Waals surface area (Å²) >= 11 is 0. The zero-order chi connectivity index (χ0) is 17.6. The van der Waals surface area contributed by atoms with E-state index in [1.807, 2.05) is 18.2 Å². The summed E-state index contributed by atoms with van der Waals surface area (Å²) in [4.78, 5) is 18.9. The van der Waals surface area contributed by atoms with Crippen LogP contribution in [0.2, 0.25) is 0 Å². The molecule has 0 aromatic heterocycles. The molecule has 2 fully saturated rings. The maximum absolute atomic E-state index is 12.2. The summed E-state index contributed by atoms with van der Waals surface area (Å²) in [6.07, 6.45) is 10.7. The molecule has 1 aromatic rings. The zero-order valence-electron chi connectivity index (χ0n) is 14.8. The quantitative estimate of drug-likeness (QED) is 0.505. The first-order chi connectivity index (χ1) is 12.2. The largest absolute Gasteiger partial charge is 0.347 e. The van der Waals surface area contributed by atoms with Crippen LogP contribution in [0.4, 0.5) is 5.69 Å². The third-order valence-corrected chi connectivity index (χ3v) is 5.21. The number of aliphatic imine (C=N–C) groups is 1. The standard InChI is InChI=1S/C20H26N4O/c1-3-15-7-6-10-18(11-15)23-19(25)12-22-20(21-2)24-13-16-8-4-5-9-17(16)14-24/h1,6-7,10-11,16-17H,4-5,8-9,12-14H2,2H3,(H,21,22)(H,23,25). The molecular weight excluding hydrogens is 312 g/mol. The van der Waals surface area contributed by atoms with Gasteiger partial charge in [0.05, 0.1) is 6.54 Å². The van der Waals surface area contributed by atoms with Crippen molar-refractivity contribution in [3.63, 3.8) is 0 Å². The van der Waals surface area contributed by atoms with Gasteiger partial charge in [-0.1, -0.05) is 24.8 Å². The Morgan fingerprint density at radius 1 is 1.32 bits per heavy atom. The van der Waals surface area contributed by atoms with Crippen molar-refractivity contribution in [2.24, 2.45) is 16.8 Å². The molecule has 1 saturated heterocycles. The fourth-order valence-electron chi connectivity index (χ4n) is 3.96. The van der Waals surface area contributed by atoms with Crippen LogP contribution in [0.15, 0.2) is 29.3 Å². The van der Waals surface area contributed by atoms with Gasteiger partial charge in [0.25, 0.3) is 0 Å². The van der Waals surface area contributed by atoms with Crippen molar-refractivity contribution in [1.29, 1.82) is 0 Å². The summed E-state index contributed by atoms with van der Waals surface area (Å²) in [6, 6.07) is 7.29. The Hall–Kier alpha value is -2.48. The van der Waals surface area contributed by atoms with Crippen LogP contribution in [0, 0.1) is 24.2 Å². The summed E-state index contributed by atoms with van der Waals surface area (Å²) in [6.45, 7) is 2.30. The van der Waals surface area contributed by atoms with E-state index >= 15 is 0 Å². The average molecular weight is 338 g/mol. The molecule has 2 aliphatic rings. The highest BCUT2D eigenvalue weighted by Crippen LogP contribution is 2.35. The van der Waals surface area contributed by atoms with Crippen molar-refractivity contribution >= 4 is 17.6 Å². The molecule has 0 bridgehead atoms. The van der Waals surface area contributed by atoms with Crippen LogP contribution in [-0.4, -0.2) is 43.4 Å². The number of hydrogen-bond donors (Lipinski definition) is 2. The molecule has 2 unspecified atom stereocenters. The molecule has 2 N–H and O–H groups in total. The summed E-state index contributed by atoms with van der Waals surface area (Å²) in [5.41, 5.74) is 1.46. The molecule has 1 heterocycles. The first-order valence-electron chi connectivity index (χ1n) is 9.01. The summed E-state index contributed by atoms with van der Waals surface area (Å²) in [7, 11) is 1.78. The van der Waals surface area contributed by atoms with Gasteiger partial charge in [-0.2, -0.15) is 0 Å². The van der Waals surface area contributed by atoms with Gasteiger partial charge in [0.2, 0.25) is 5.91 Å². The number of hydrogen-bond acceptors (Lipinski definition) is 2. The Kier molecular flexibility index (Phi) is 5.60. The number of benzene rings is 1. The number of amides is 1. The molecule has 1 saturated carbocycles. The van der Waals surface area contributed by atoms with E-state index in [4.69, 9.17) is 6.42 Å². The molecule has 1 aliphatic heterocycles. The van der Waals surface area contributed by atoms with Gasteiger partial charge < -0.3 is 15.5 Å². The second-order valence-corrected chi connectivity index (χ2v) is 6.88. The molecule has 0 spiro atoms. The van der Waals surface area contributed by atoms with E-state index in [-0.39, 0.29) is 12.5 Å². The molecule has 0 radical (unpaired) electrons. The minimum Gasteiger partial charge on any atom is -0.347 e. The number of anilines is 1. The Bertz CT molecular complexity index is 677. The molecule has 3 rings (SSSR count). The van der Waals surface area contributed by atoms with Crippen molar-refractivity contribution in [2.75, 3.05) is 32.0 Å². The Labute approximate surface area is 149 Å². The number of nitrogens with one attached hydrogen (secondary N) is 2. The predicted octanol–water partition coefficient (Wildman–Crippen LogP) is 2.30. The molecular formula is C20H26N4O. The lowest BCUT2D eigenvalue weighted by atomic mass is 9.82.